The molecule has 3 rings (SSSR count). The Labute approximate surface area is 89.6 Å². The Morgan fingerprint density at radius 2 is 2.07 bits per heavy atom. The second kappa shape index (κ2) is 3.19. The Morgan fingerprint density at radius 3 is 2.60 bits per heavy atom. The van der Waals surface area contributed by atoms with Crippen LogP contribution in [0, 0.1) is 11.8 Å². The molecule has 15 heavy (non-hydrogen) atoms. The second-order valence-electron chi connectivity index (χ2n) is 5.26. The maximum atomic E-state index is 11.9. The molecular formula is C11H18N2O2. The monoisotopic (exact) mass is 210 g/mol. The molecule has 1 unspecified atom stereocenters. The number of likely N-dealkylation sites (tertiary alicyclic amines) is 1. The first kappa shape index (κ1) is 9.60. The van der Waals surface area contributed by atoms with Crippen LogP contribution in [0.25, 0.3) is 0 Å². The molecule has 4 heteroatoms. The van der Waals surface area contributed by atoms with E-state index in [9.17, 15) is 9.90 Å². The van der Waals surface area contributed by atoms with Gasteiger partial charge in [-0.15, -0.1) is 0 Å². The van der Waals surface area contributed by atoms with Gasteiger partial charge in [-0.1, -0.05) is 0 Å². The molecule has 0 spiro atoms. The predicted molar refractivity (Wildman–Crippen MR) is 55.2 cm³/mol. The molecule has 2 aliphatic heterocycles. The molecule has 3 aliphatic rings. The minimum atomic E-state index is -0.526. The van der Waals surface area contributed by atoms with Gasteiger partial charge < -0.3 is 15.3 Å². The van der Waals surface area contributed by atoms with Crippen LogP contribution in [0.1, 0.15) is 19.3 Å². The minimum Gasteiger partial charge on any atom is -0.386 e. The zero-order valence-electron chi connectivity index (χ0n) is 8.91. The van der Waals surface area contributed by atoms with E-state index >= 15 is 0 Å². The summed E-state index contributed by atoms with van der Waals surface area (Å²) in [5, 5.41) is 13.3. The van der Waals surface area contributed by atoms with E-state index in [0.717, 1.165) is 32.4 Å². The molecule has 2 N–H and O–H groups in total. The van der Waals surface area contributed by atoms with Crippen molar-refractivity contribution in [1.82, 2.24) is 10.2 Å². The fourth-order valence-corrected chi connectivity index (χ4v) is 2.77. The molecule has 3 fully saturated rings. The van der Waals surface area contributed by atoms with Crippen LogP contribution >= 0.6 is 0 Å². The molecule has 84 valence electrons. The molecule has 0 bridgehead atoms. The van der Waals surface area contributed by atoms with Crippen LogP contribution in [0.2, 0.25) is 0 Å². The number of carbonyl (C=O) groups is 1. The van der Waals surface area contributed by atoms with Gasteiger partial charge in [-0.25, -0.2) is 0 Å². The van der Waals surface area contributed by atoms with Crippen LogP contribution in [0.4, 0.5) is 0 Å². The van der Waals surface area contributed by atoms with E-state index in [4.69, 9.17) is 0 Å². The van der Waals surface area contributed by atoms with Crippen LogP contribution < -0.4 is 5.32 Å². The molecule has 4 nitrogen and oxygen atoms in total. The number of nitrogens with one attached hydrogen (secondary N) is 1. The SMILES string of the molecule is O=C(C1CCNC1)N1CC(O)(C2CC2)C1. The van der Waals surface area contributed by atoms with Crippen molar-refractivity contribution in [2.24, 2.45) is 11.8 Å². The van der Waals surface area contributed by atoms with Crippen LogP contribution in [-0.4, -0.2) is 47.7 Å². The average Bonchev–Trinajstić information content (AvgIpc) is 2.89. The lowest BCUT2D eigenvalue weighted by Crippen LogP contribution is -2.65. The first-order valence-corrected chi connectivity index (χ1v) is 5.91. The topological polar surface area (TPSA) is 52.6 Å². The molecule has 1 amide bonds. The Kier molecular flexibility index (Phi) is 2.04. The first-order valence-electron chi connectivity index (χ1n) is 5.91. The summed E-state index contributed by atoms with van der Waals surface area (Å²) >= 11 is 0. The highest BCUT2D eigenvalue weighted by Crippen LogP contribution is 2.44. The van der Waals surface area contributed by atoms with Crippen LogP contribution in [0.15, 0.2) is 0 Å². The predicted octanol–water partition coefficient (Wildman–Crippen LogP) is -0.421. The summed E-state index contributed by atoms with van der Waals surface area (Å²) in [5.41, 5.74) is -0.526. The van der Waals surface area contributed by atoms with Crippen LogP contribution in [0.3, 0.4) is 0 Å². The van der Waals surface area contributed by atoms with E-state index in [2.05, 4.69) is 5.32 Å². The summed E-state index contributed by atoms with van der Waals surface area (Å²) in [6.07, 6.45) is 3.24. The number of nitrogens with zero attached hydrogens (tertiary/aromatic N) is 1. The molecule has 0 aromatic carbocycles. The Bertz CT molecular complexity index is 276. The molecule has 2 saturated heterocycles. The molecule has 0 aromatic heterocycles. The van der Waals surface area contributed by atoms with Gasteiger partial charge in [0.2, 0.25) is 5.91 Å². The smallest absolute Gasteiger partial charge is 0.227 e. The van der Waals surface area contributed by atoms with Gasteiger partial charge in [0.05, 0.1) is 19.0 Å². The molecule has 0 radical (unpaired) electrons. The Balaban J connectivity index is 1.55. The van der Waals surface area contributed by atoms with Gasteiger partial charge in [-0.3, -0.25) is 4.79 Å². The zero-order valence-corrected chi connectivity index (χ0v) is 8.91. The lowest BCUT2D eigenvalue weighted by Gasteiger charge is -2.47. The quantitative estimate of drug-likeness (QED) is 0.651. The maximum absolute atomic E-state index is 11.9. The summed E-state index contributed by atoms with van der Waals surface area (Å²) in [5.74, 6) is 0.877. The normalized spacial score (nSPS) is 33.9. The van der Waals surface area contributed by atoms with Crippen LogP contribution in [0.5, 0.6) is 0 Å². The van der Waals surface area contributed by atoms with Crippen LogP contribution in [-0.2, 0) is 4.79 Å². The van der Waals surface area contributed by atoms with Gasteiger partial charge in [0.25, 0.3) is 0 Å². The molecule has 1 saturated carbocycles. The van der Waals surface area contributed by atoms with E-state index in [0.29, 0.717) is 19.0 Å². The molecular weight excluding hydrogens is 192 g/mol. The van der Waals surface area contributed by atoms with E-state index < -0.39 is 5.60 Å². The molecule has 1 aliphatic carbocycles. The van der Waals surface area contributed by atoms with Crippen molar-refractivity contribution in [3.63, 3.8) is 0 Å². The number of carbonyl (C=O) groups excluding carboxylic acids is 1. The second-order valence-corrected chi connectivity index (χ2v) is 5.26. The standard InChI is InChI=1S/C11H18N2O2/c14-10(8-3-4-12-5-8)13-6-11(15,7-13)9-1-2-9/h8-9,12,15H,1-7H2. The molecule has 2 heterocycles. The largest absolute Gasteiger partial charge is 0.386 e. The summed E-state index contributed by atoms with van der Waals surface area (Å²) < 4.78 is 0. The summed E-state index contributed by atoms with van der Waals surface area (Å²) in [6.45, 7) is 2.92. The van der Waals surface area contributed by atoms with E-state index in [-0.39, 0.29) is 11.8 Å². The fraction of sp³-hybridized carbons (Fsp3) is 0.909. The lowest BCUT2D eigenvalue weighted by atomic mass is 9.87. The van der Waals surface area contributed by atoms with Crippen molar-refractivity contribution in [2.75, 3.05) is 26.2 Å². The number of β-amino-alcohol motifs (C(OH)–C–C–N with tert-alkyl or cyclic N) is 1. The highest BCUT2D eigenvalue weighted by Gasteiger charge is 2.53. The van der Waals surface area contributed by atoms with Gasteiger partial charge in [-0.2, -0.15) is 0 Å². The third-order valence-corrected chi connectivity index (χ3v) is 3.99. The molecule has 0 aromatic rings. The number of hydrogen-bond acceptors (Lipinski definition) is 3. The number of hydrogen-bond donors (Lipinski definition) is 2. The van der Waals surface area contributed by atoms with Gasteiger partial charge in [0.15, 0.2) is 0 Å². The summed E-state index contributed by atoms with van der Waals surface area (Å²) in [7, 11) is 0. The summed E-state index contributed by atoms with van der Waals surface area (Å²) in [6, 6.07) is 0. The van der Waals surface area contributed by atoms with Gasteiger partial charge >= 0.3 is 0 Å². The van der Waals surface area contributed by atoms with Gasteiger partial charge in [0, 0.05) is 6.54 Å². The average molecular weight is 210 g/mol. The Hall–Kier alpha value is -0.610. The third-order valence-electron chi connectivity index (χ3n) is 3.99. The van der Waals surface area contributed by atoms with E-state index in [1.165, 1.54) is 0 Å². The van der Waals surface area contributed by atoms with Crippen molar-refractivity contribution in [3.8, 4) is 0 Å². The highest BCUT2D eigenvalue weighted by molar-refractivity contribution is 5.80. The van der Waals surface area contributed by atoms with Crippen molar-refractivity contribution in [2.45, 2.75) is 24.9 Å². The molecule has 1 atom stereocenters. The fourth-order valence-electron chi connectivity index (χ4n) is 2.77. The lowest BCUT2D eigenvalue weighted by molar-refractivity contribution is -0.162. The minimum absolute atomic E-state index is 0.161. The first-order chi connectivity index (χ1) is 7.19. The van der Waals surface area contributed by atoms with Crippen molar-refractivity contribution < 1.29 is 9.90 Å². The van der Waals surface area contributed by atoms with E-state index in [1.54, 1.807) is 0 Å². The van der Waals surface area contributed by atoms with Gasteiger partial charge in [0.1, 0.15) is 5.60 Å². The van der Waals surface area contributed by atoms with Crippen molar-refractivity contribution in [3.05, 3.63) is 0 Å². The zero-order chi connectivity index (χ0) is 10.5. The Morgan fingerprint density at radius 1 is 1.33 bits per heavy atom. The third kappa shape index (κ3) is 1.56. The maximum Gasteiger partial charge on any atom is 0.227 e. The van der Waals surface area contributed by atoms with Gasteiger partial charge in [-0.05, 0) is 31.7 Å². The number of aliphatic hydroxyl groups is 1. The number of amides is 1. The highest BCUT2D eigenvalue weighted by atomic mass is 16.3. The van der Waals surface area contributed by atoms with Crippen molar-refractivity contribution in [1.29, 1.82) is 0 Å². The van der Waals surface area contributed by atoms with E-state index in [1.807, 2.05) is 4.90 Å². The van der Waals surface area contributed by atoms with Crippen molar-refractivity contribution >= 4 is 5.91 Å². The summed E-state index contributed by atoms with van der Waals surface area (Å²) in [4.78, 5) is 13.8. The number of rotatable bonds is 2.